The van der Waals surface area contributed by atoms with Crippen molar-refractivity contribution in [3.63, 3.8) is 0 Å². The molecule has 5 nitrogen and oxygen atoms in total. The SMILES string of the molecule is CC(C)n1cnnc1[C@@H]1CC[C@@H]1C(=O)O. The van der Waals surface area contributed by atoms with E-state index < -0.39 is 5.97 Å². The summed E-state index contributed by atoms with van der Waals surface area (Å²) in [7, 11) is 0. The maximum absolute atomic E-state index is 10.9. The highest BCUT2D eigenvalue weighted by Gasteiger charge is 2.40. The summed E-state index contributed by atoms with van der Waals surface area (Å²) < 4.78 is 1.96. The van der Waals surface area contributed by atoms with Crippen LogP contribution in [0, 0.1) is 5.92 Å². The van der Waals surface area contributed by atoms with Crippen LogP contribution in [-0.4, -0.2) is 25.8 Å². The fraction of sp³-hybridized carbons (Fsp3) is 0.700. The Morgan fingerprint density at radius 2 is 2.33 bits per heavy atom. The highest BCUT2D eigenvalue weighted by molar-refractivity contribution is 5.72. The molecule has 1 heterocycles. The van der Waals surface area contributed by atoms with Gasteiger partial charge in [-0.05, 0) is 26.7 Å². The molecule has 2 rings (SSSR count). The number of nitrogens with zero attached hydrogens (tertiary/aromatic N) is 3. The van der Waals surface area contributed by atoms with E-state index >= 15 is 0 Å². The highest BCUT2D eigenvalue weighted by Crippen LogP contribution is 2.42. The van der Waals surface area contributed by atoms with Gasteiger partial charge >= 0.3 is 5.97 Å². The van der Waals surface area contributed by atoms with Crippen LogP contribution in [0.1, 0.15) is 44.5 Å². The van der Waals surface area contributed by atoms with E-state index in [0.29, 0.717) is 0 Å². The number of aliphatic carboxylic acids is 1. The van der Waals surface area contributed by atoms with E-state index in [4.69, 9.17) is 5.11 Å². The third-order valence-electron chi connectivity index (χ3n) is 3.08. The monoisotopic (exact) mass is 209 g/mol. The number of carboxylic acids is 1. The van der Waals surface area contributed by atoms with E-state index in [0.717, 1.165) is 18.7 Å². The Bertz CT molecular complexity index is 372. The second-order valence-corrected chi connectivity index (χ2v) is 4.32. The van der Waals surface area contributed by atoms with E-state index in [9.17, 15) is 4.79 Å². The molecular formula is C10H15N3O2. The molecular weight excluding hydrogens is 194 g/mol. The Morgan fingerprint density at radius 3 is 2.80 bits per heavy atom. The molecule has 2 atom stereocenters. The van der Waals surface area contributed by atoms with Crippen molar-refractivity contribution in [2.24, 2.45) is 5.92 Å². The first-order valence-electron chi connectivity index (χ1n) is 5.23. The van der Waals surface area contributed by atoms with Gasteiger partial charge in [0.15, 0.2) is 0 Å². The number of carboxylic acid groups (broad SMARTS) is 1. The molecule has 1 fully saturated rings. The van der Waals surface area contributed by atoms with E-state index in [2.05, 4.69) is 10.2 Å². The molecule has 1 N–H and O–H groups in total. The van der Waals surface area contributed by atoms with Crippen LogP contribution < -0.4 is 0 Å². The molecule has 1 aliphatic carbocycles. The van der Waals surface area contributed by atoms with Gasteiger partial charge in [-0.15, -0.1) is 10.2 Å². The van der Waals surface area contributed by atoms with Crippen LogP contribution in [0.2, 0.25) is 0 Å². The minimum absolute atomic E-state index is 0.0485. The number of rotatable bonds is 3. The Hall–Kier alpha value is -1.39. The predicted molar refractivity (Wildman–Crippen MR) is 53.5 cm³/mol. The lowest BCUT2D eigenvalue weighted by molar-refractivity contribution is -0.145. The summed E-state index contributed by atoms with van der Waals surface area (Å²) in [6.07, 6.45) is 3.34. The molecule has 15 heavy (non-hydrogen) atoms. The number of hydrogen-bond acceptors (Lipinski definition) is 3. The van der Waals surface area contributed by atoms with Crippen LogP contribution in [0.15, 0.2) is 6.33 Å². The van der Waals surface area contributed by atoms with Gasteiger partial charge in [0.2, 0.25) is 0 Å². The van der Waals surface area contributed by atoms with E-state index in [1.807, 2.05) is 18.4 Å². The molecule has 0 unspecified atom stereocenters. The molecule has 5 heteroatoms. The summed E-state index contributed by atoms with van der Waals surface area (Å²) in [6.45, 7) is 4.09. The Morgan fingerprint density at radius 1 is 1.60 bits per heavy atom. The molecule has 82 valence electrons. The Balaban J connectivity index is 2.23. The zero-order valence-electron chi connectivity index (χ0n) is 8.92. The normalized spacial score (nSPS) is 25.3. The average molecular weight is 209 g/mol. The highest BCUT2D eigenvalue weighted by atomic mass is 16.4. The molecule has 0 bridgehead atoms. The van der Waals surface area contributed by atoms with Crippen LogP contribution in [0.3, 0.4) is 0 Å². The Kier molecular flexibility index (Phi) is 2.46. The molecule has 0 spiro atoms. The second kappa shape index (κ2) is 3.64. The van der Waals surface area contributed by atoms with Gasteiger partial charge in [0.05, 0.1) is 5.92 Å². The summed E-state index contributed by atoms with van der Waals surface area (Å²) in [6, 6.07) is 0.282. The van der Waals surface area contributed by atoms with Crippen LogP contribution in [0.25, 0.3) is 0 Å². The van der Waals surface area contributed by atoms with Crippen molar-refractivity contribution in [1.29, 1.82) is 0 Å². The van der Waals surface area contributed by atoms with Crippen LogP contribution >= 0.6 is 0 Å². The van der Waals surface area contributed by atoms with Crippen LogP contribution in [-0.2, 0) is 4.79 Å². The fourth-order valence-electron chi connectivity index (χ4n) is 2.02. The topological polar surface area (TPSA) is 68.0 Å². The van der Waals surface area contributed by atoms with Gasteiger partial charge in [-0.2, -0.15) is 0 Å². The molecule has 0 saturated heterocycles. The van der Waals surface area contributed by atoms with Crippen molar-refractivity contribution in [2.75, 3.05) is 0 Å². The van der Waals surface area contributed by atoms with Gasteiger partial charge in [0.25, 0.3) is 0 Å². The van der Waals surface area contributed by atoms with Gasteiger partial charge in [-0.1, -0.05) is 0 Å². The quantitative estimate of drug-likeness (QED) is 0.817. The van der Waals surface area contributed by atoms with Gasteiger partial charge in [-0.25, -0.2) is 0 Å². The summed E-state index contributed by atoms with van der Waals surface area (Å²) in [5.74, 6) is -0.118. The van der Waals surface area contributed by atoms with E-state index in [1.54, 1.807) is 6.33 Å². The van der Waals surface area contributed by atoms with Crippen LogP contribution in [0.4, 0.5) is 0 Å². The summed E-state index contributed by atoms with van der Waals surface area (Å²) in [5, 5.41) is 16.9. The minimum atomic E-state index is -0.718. The first kappa shape index (κ1) is 10.1. The largest absolute Gasteiger partial charge is 0.481 e. The second-order valence-electron chi connectivity index (χ2n) is 4.32. The smallest absolute Gasteiger partial charge is 0.307 e. The molecule has 1 aromatic heterocycles. The van der Waals surface area contributed by atoms with Crippen molar-refractivity contribution in [2.45, 2.75) is 38.6 Å². The first-order chi connectivity index (χ1) is 7.11. The number of carbonyl (C=O) groups is 1. The lowest BCUT2D eigenvalue weighted by atomic mass is 9.73. The lowest BCUT2D eigenvalue weighted by Crippen LogP contribution is -2.33. The van der Waals surface area contributed by atoms with Gasteiger partial charge in [0.1, 0.15) is 12.2 Å². The third-order valence-corrected chi connectivity index (χ3v) is 3.08. The van der Waals surface area contributed by atoms with Crippen molar-refractivity contribution >= 4 is 5.97 Å². The third kappa shape index (κ3) is 1.62. The zero-order chi connectivity index (χ0) is 11.0. The lowest BCUT2D eigenvalue weighted by Gasteiger charge is -2.33. The number of hydrogen-bond donors (Lipinski definition) is 1. The molecule has 0 amide bonds. The maximum Gasteiger partial charge on any atom is 0.307 e. The summed E-state index contributed by atoms with van der Waals surface area (Å²) >= 11 is 0. The first-order valence-corrected chi connectivity index (χ1v) is 5.23. The van der Waals surface area contributed by atoms with Crippen LogP contribution in [0.5, 0.6) is 0 Å². The average Bonchev–Trinajstić information content (AvgIpc) is 2.49. The van der Waals surface area contributed by atoms with E-state index in [1.165, 1.54) is 0 Å². The summed E-state index contributed by atoms with van der Waals surface area (Å²) in [5.41, 5.74) is 0. The Labute approximate surface area is 88.1 Å². The maximum atomic E-state index is 10.9. The fourth-order valence-corrected chi connectivity index (χ4v) is 2.02. The zero-order valence-corrected chi connectivity index (χ0v) is 8.92. The van der Waals surface area contributed by atoms with Crippen molar-refractivity contribution in [3.05, 3.63) is 12.2 Å². The summed E-state index contributed by atoms with van der Waals surface area (Å²) in [4.78, 5) is 10.9. The van der Waals surface area contributed by atoms with Gasteiger partial charge < -0.3 is 9.67 Å². The van der Waals surface area contributed by atoms with Gasteiger partial charge in [-0.3, -0.25) is 4.79 Å². The molecule has 0 radical (unpaired) electrons. The molecule has 0 aromatic carbocycles. The predicted octanol–water partition coefficient (Wildman–Crippen LogP) is 1.44. The van der Waals surface area contributed by atoms with E-state index in [-0.39, 0.29) is 17.9 Å². The molecule has 1 aromatic rings. The standard InChI is InChI=1S/C10H15N3O2/c1-6(2)13-5-11-12-9(13)7-3-4-8(7)10(14)15/h5-8H,3-4H2,1-2H3,(H,14,15)/t7-,8+/m1/s1. The number of aromatic nitrogens is 3. The molecule has 1 aliphatic rings. The van der Waals surface area contributed by atoms with Crippen molar-refractivity contribution < 1.29 is 9.90 Å². The van der Waals surface area contributed by atoms with Crippen molar-refractivity contribution in [1.82, 2.24) is 14.8 Å². The van der Waals surface area contributed by atoms with Crippen molar-refractivity contribution in [3.8, 4) is 0 Å². The molecule has 0 aliphatic heterocycles. The molecule has 1 saturated carbocycles. The van der Waals surface area contributed by atoms with Gasteiger partial charge in [0, 0.05) is 12.0 Å². The minimum Gasteiger partial charge on any atom is -0.481 e.